The van der Waals surface area contributed by atoms with E-state index in [1.165, 1.54) is 25.7 Å². The van der Waals surface area contributed by atoms with Crippen LogP contribution in [-0.2, 0) is 9.59 Å². The molecule has 0 radical (unpaired) electrons. The van der Waals surface area contributed by atoms with E-state index in [2.05, 4.69) is 15.5 Å². The molecule has 3 saturated heterocycles. The zero-order chi connectivity index (χ0) is 27.3. The molecule has 1 aromatic carbocycles. The summed E-state index contributed by atoms with van der Waals surface area (Å²) in [5, 5.41) is 5.74. The van der Waals surface area contributed by atoms with Crippen LogP contribution in [0.4, 0.5) is 0 Å². The number of imide groups is 2. The van der Waals surface area contributed by atoms with Gasteiger partial charge in [-0.15, -0.1) is 0 Å². The summed E-state index contributed by atoms with van der Waals surface area (Å²) < 4.78 is 6.19. The van der Waals surface area contributed by atoms with Gasteiger partial charge in [0.05, 0.1) is 17.2 Å². The first-order valence-electron chi connectivity index (χ1n) is 14.8. The summed E-state index contributed by atoms with van der Waals surface area (Å²) in [5.41, 5.74) is 1.59. The number of ether oxygens (including phenoxy) is 1. The quantitative estimate of drug-likeness (QED) is 0.539. The predicted molar refractivity (Wildman–Crippen MR) is 145 cm³/mol. The number of hydrogen-bond donors (Lipinski definition) is 2. The van der Waals surface area contributed by atoms with E-state index in [0.29, 0.717) is 17.4 Å². The average Bonchev–Trinajstić information content (AvgIpc) is 3.12. The Morgan fingerprint density at radius 1 is 0.872 bits per heavy atom. The summed E-state index contributed by atoms with van der Waals surface area (Å²) in [6.07, 6.45) is 7.43. The van der Waals surface area contributed by atoms with Crippen LogP contribution >= 0.6 is 0 Å². The van der Waals surface area contributed by atoms with Crippen molar-refractivity contribution in [1.29, 1.82) is 0 Å². The fraction of sp³-hybridized carbons (Fsp3) is 0.667. The van der Waals surface area contributed by atoms with Gasteiger partial charge in [0, 0.05) is 12.5 Å². The van der Waals surface area contributed by atoms with Crippen LogP contribution in [0.15, 0.2) is 12.1 Å². The number of carbonyl (C=O) groups is 4. The zero-order valence-corrected chi connectivity index (χ0v) is 23.0. The largest absolute Gasteiger partial charge is 0.491 e. The van der Waals surface area contributed by atoms with Crippen molar-refractivity contribution in [3.63, 3.8) is 0 Å². The molecule has 0 aromatic heterocycles. The summed E-state index contributed by atoms with van der Waals surface area (Å²) in [6.45, 7) is 8.30. The van der Waals surface area contributed by atoms with Gasteiger partial charge in [-0.2, -0.15) is 0 Å². The Morgan fingerprint density at radius 3 is 2.18 bits per heavy atom. The van der Waals surface area contributed by atoms with E-state index in [-0.39, 0.29) is 36.3 Å². The van der Waals surface area contributed by atoms with E-state index in [1.807, 2.05) is 19.9 Å². The lowest BCUT2D eigenvalue weighted by Crippen LogP contribution is -2.54. The van der Waals surface area contributed by atoms with Crippen molar-refractivity contribution in [3.8, 4) is 5.75 Å². The molecule has 6 rings (SSSR count). The molecule has 0 spiro atoms. The zero-order valence-electron chi connectivity index (χ0n) is 23.0. The Bertz CT molecular complexity index is 1160. The monoisotopic (exact) mass is 536 g/mol. The van der Waals surface area contributed by atoms with Gasteiger partial charge in [-0.3, -0.25) is 29.4 Å². The lowest BCUT2D eigenvalue weighted by Gasteiger charge is -2.49. The number of piperidine rings is 3. The molecule has 210 valence electrons. The number of rotatable bonds is 6. The molecule has 1 aliphatic carbocycles. The number of likely N-dealkylation sites (tertiary alicyclic amines) is 1. The molecule has 9 nitrogen and oxygen atoms in total. The van der Waals surface area contributed by atoms with Crippen LogP contribution in [0.1, 0.15) is 97.4 Å². The minimum Gasteiger partial charge on any atom is -0.491 e. The molecule has 2 N–H and O–H groups in total. The summed E-state index contributed by atoms with van der Waals surface area (Å²) in [7, 11) is 0. The number of nitrogens with zero attached hydrogens (tertiary/aromatic N) is 2. The molecular formula is C30H40N4O5. The Kier molecular flexibility index (Phi) is 7.22. The minimum atomic E-state index is -0.965. The second kappa shape index (κ2) is 10.7. The number of benzene rings is 1. The van der Waals surface area contributed by atoms with E-state index >= 15 is 0 Å². The van der Waals surface area contributed by atoms with Crippen molar-refractivity contribution in [3.05, 3.63) is 28.8 Å². The van der Waals surface area contributed by atoms with Gasteiger partial charge >= 0.3 is 0 Å². The first kappa shape index (κ1) is 26.4. The lowest BCUT2D eigenvalue weighted by molar-refractivity contribution is -0.136. The first-order valence-corrected chi connectivity index (χ1v) is 14.8. The van der Waals surface area contributed by atoms with Crippen LogP contribution in [0.25, 0.3) is 0 Å². The van der Waals surface area contributed by atoms with Gasteiger partial charge in [0.15, 0.2) is 0 Å². The van der Waals surface area contributed by atoms with Crippen LogP contribution in [0, 0.1) is 11.8 Å². The fourth-order valence-electron chi connectivity index (χ4n) is 7.39. The minimum absolute atomic E-state index is 0.0813. The highest BCUT2D eigenvalue weighted by Crippen LogP contribution is 2.44. The molecule has 4 heterocycles. The van der Waals surface area contributed by atoms with Crippen LogP contribution < -0.4 is 15.4 Å². The second-order valence-corrected chi connectivity index (χ2v) is 12.3. The van der Waals surface area contributed by atoms with Gasteiger partial charge in [0.1, 0.15) is 11.8 Å². The molecule has 4 fully saturated rings. The predicted octanol–water partition coefficient (Wildman–Crippen LogP) is 2.83. The van der Waals surface area contributed by atoms with E-state index in [4.69, 9.17) is 4.74 Å². The van der Waals surface area contributed by atoms with Crippen molar-refractivity contribution in [2.75, 3.05) is 26.2 Å². The molecule has 5 aliphatic rings. The molecule has 1 atom stereocenters. The summed E-state index contributed by atoms with van der Waals surface area (Å²) in [6, 6.07) is 3.28. The summed E-state index contributed by atoms with van der Waals surface area (Å²) in [5.74, 6) is 0.750. The van der Waals surface area contributed by atoms with Gasteiger partial charge in [-0.25, -0.2) is 0 Å². The topological polar surface area (TPSA) is 108 Å². The molecule has 1 unspecified atom stereocenters. The molecular weight excluding hydrogens is 496 g/mol. The van der Waals surface area contributed by atoms with Crippen LogP contribution in [0.3, 0.4) is 0 Å². The highest BCUT2D eigenvalue weighted by Gasteiger charge is 2.46. The Balaban J connectivity index is 1.16. The normalized spacial score (nSPS) is 29.0. The highest BCUT2D eigenvalue weighted by molar-refractivity contribution is 6.23. The molecule has 39 heavy (non-hydrogen) atoms. The lowest BCUT2D eigenvalue weighted by atomic mass is 9.68. The number of fused-ring (bicyclic) bond motifs is 1. The Hall–Kier alpha value is -2.78. The van der Waals surface area contributed by atoms with Crippen LogP contribution in [0.5, 0.6) is 5.75 Å². The standard InChI is InChI=1S/C30H40N4O5/c1-17(2)39-26-16-24-23(29(37)34(30(24)38)25-3-4-27(35)32-28(25)36)15-22(26)19-7-11-33(12-8-19)21-13-20(14-21)18-5-9-31-10-6-18/h15-21,25,31H,3-14H2,1-2H3,(H,32,35,36). The number of nitrogens with one attached hydrogen (secondary N) is 2. The van der Waals surface area contributed by atoms with E-state index in [1.54, 1.807) is 6.07 Å². The van der Waals surface area contributed by atoms with Gasteiger partial charge in [-0.1, -0.05) is 0 Å². The maximum Gasteiger partial charge on any atom is 0.262 e. The first-order chi connectivity index (χ1) is 18.8. The van der Waals surface area contributed by atoms with E-state index < -0.39 is 23.8 Å². The maximum absolute atomic E-state index is 13.4. The molecule has 4 aliphatic heterocycles. The summed E-state index contributed by atoms with van der Waals surface area (Å²) >= 11 is 0. The van der Waals surface area contributed by atoms with Crippen molar-refractivity contribution >= 4 is 23.6 Å². The molecule has 1 aromatic rings. The third-order valence-electron chi connectivity index (χ3n) is 9.62. The number of amides is 4. The Labute approximate surface area is 230 Å². The van der Waals surface area contributed by atoms with Gasteiger partial charge in [-0.05, 0) is 120 Å². The fourth-order valence-corrected chi connectivity index (χ4v) is 7.39. The third-order valence-corrected chi connectivity index (χ3v) is 9.62. The SMILES string of the molecule is CC(C)Oc1cc2c(cc1C1CCN(C3CC(C4CCNCC4)C3)CC1)C(=O)N(C1CCC(=O)NC1=O)C2=O. The van der Waals surface area contributed by atoms with Crippen molar-refractivity contribution < 1.29 is 23.9 Å². The average molecular weight is 537 g/mol. The smallest absolute Gasteiger partial charge is 0.262 e. The molecule has 1 saturated carbocycles. The molecule has 4 amide bonds. The molecule has 0 bridgehead atoms. The highest BCUT2D eigenvalue weighted by atomic mass is 16.5. The number of carbonyl (C=O) groups excluding carboxylic acids is 4. The van der Waals surface area contributed by atoms with Crippen molar-refractivity contribution in [2.24, 2.45) is 11.8 Å². The second-order valence-electron chi connectivity index (χ2n) is 12.3. The van der Waals surface area contributed by atoms with Crippen molar-refractivity contribution in [2.45, 2.75) is 89.3 Å². The molecule has 9 heteroatoms. The van der Waals surface area contributed by atoms with Gasteiger partial charge in [0.25, 0.3) is 11.8 Å². The van der Waals surface area contributed by atoms with Gasteiger partial charge in [0.2, 0.25) is 11.8 Å². The van der Waals surface area contributed by atoms with Crippen molar-refractivity contribution in [1.82, 2.24) is 20.4 Å². The summed E-state index contributed by atoms with van der Waals surface area (Å²) in [4.78, 5) is 54.6. The van der Waals surface area contributed by atoms with E-state index in [9.17, 15) is 19.2 Å². The van der Waals surface area contributed by atoms with E-state index in [0.717, 1.165) is 61.3 Å². The maximum atomic E-state index is 13.4. The van der Waals surface area contributed by atoms with Gasteiger partial charge < -0.3 is 15.0 Å². The number of hydrogen-bond acceptors (Lipinski definition) is 7. The third kappa shape index (κ3) is 4.99. The Morgan fingerprint density at radius 2 is 1.54 bits per heavy atom. The van der Waals surface area contributed by atoms with Crippen LogP contribution in [0.2, 0.25) is 0 Å². The van der Waals surface area contributed by atoms with Crippen LogP contribution in [-0.4, -0.2) is 77.8 Å².